The van der Waals surface area contributed by atoms with Crippen LogP contribution in [0.25, 0.3) is 11.3 Å². The largest absolute Gasteiger partial charge is 0.493 e. The summed E-state index contributed by atoms with van der Waals surface area (Å²) in [5.74, 6) is 0.817. The van der Waals surface area contributed by atoms with Crippen molar-refractivity contribution >= 4 is 0 Å². The number of rotatable bonds is 6. The summed E-state index contributed by atoms with van der Waals surface area (Å²) in [5.41, 5.74) is 3.41. The molecule has 4 heteroatoms. The van der Waals surface area contributed by atoms with Gasteiger partial charge >= 0.3 is 0 Å². The Bertz CT molecular complexity index is 535. The molecule has 0 saturated carbocycles. The first-order valence-electron chi connectivity index (χ1n) is 6.64. The van der Waals surface area contributed by atoms with Crippen LogP contribution >= 0.6 is 0 Å². The number of aromatic nitrogens is 2. The molecule has 0 fully saturated rings. The zero-order chi connectivity index (χ0) is 13.7. The van der Waals surface area contributed by atoms with E-state index in [1.54, 1.807) is 0 Å². The Morgan fingerprint density at radius 1 is 1.32 bits per heavy atom. The Labute approximate surface area is 113 Å². The third kappa shape index (κ3) is 2.96. The molecule has 2 N–H and O–H groups in total. The van der Waals surface area contributed by atoms with Crippen LogP contribution in [0.15, 0.2) is 24.3 Å². The molecule has 0 aliphatic carbocycles. The minimum absolute atomic E-state index is 0.0268. The van der Waals surface area contributed by atoms with Crippen LogP contribution in [0.2, 0.25) is 0 Å². The van der Waals surface area contributed by atoms with Crippen LogP contribution in [-0.4, -0.2) is 21.9 Å². The van der Waals surface area contributed by atoms with Gasteiger partial charge in [0.1, 0.15) is 11.4 Å². The van der Waals surface area contributed by atoms with Crippen LogP contribution in [0.3, 0.4) is 0 Å². The van der Waals surface area contributed by atoms with Crippen LogP contribution < -0.4 is 4.74 Å². The van der Waals surface area contributed by atoms with Gasteiger partial charge in [0.05, 0.1) is 13.2 Å². The maximum Gasteiger partial charge on any atom is 0.128 e. The molecule has 1 heterocycles. The molecule has 19 heavy (non-hydrogen) atoms. The molecule has 0 aliphatic heterocycles. The van der Waals surface area contributed by atoms with Crippen LogP contribution in [0.4, 0.5) is 0 Å². The van der Waals surface area contributed by atoms with Crippen molar-refractivity contribution in [3.05, 3.63) is 35.5 Å². The standard InChI is InChI=1S/C15H20N2O2/c1-3-4-9-19-14-8-6-5-7-12(14)15-13(10-18)11(2)16-17-15/h5-8,18H,3-4,9-10H2,1-2H3,(H,16,17). The number of benzene rings is 1. The summed E-state index contributed by atoms with van der Waals surface area (Å²) >= 11 is 0. The molecule has 0 aliphatic rings. The molecular formula is C15H20N2O2. The highest BCUT2D eigenvalue weighted by atomic mass is 16.5. The van der Waals surface area contributed by atoms with E-state index in [4.69, 9.17) is 4.74 Å². The van der Waals surface area contributed by atoms with E-state index in [9.17, 15) is 5.11 Å². The summed E-state index contributed by atoms with van der Waals surface area (Å²) in [7, 11) is 0. The molecule has 0 atom stereocenters. The molecule has 0 amide bonds. The fraction of sp³-hybridized carbons (Fsp3) is 0.400. The van der Waals surface area contributed by atoms with Gasteiger partial charge in [-0.15, -0.1) is 0 Å². The molecule has 2 rings (SSSR count). The van der Waals surface area contributed by atoms with Gasteiger partial charge in [0.25, 0.3) is 0 Å². The molecule has 2 aromatic rings. The number of para-hydroxylation sites is 1. The maximum atomic E-state index is 9.45. The first-order valence-corrected chi connectivity index (χ1v) is 6.64. The quantitative estimate of drug-likeness (QED) is 0.785. The Kier molecular flexibility index (Phi) is 4.58. The summed E-state index contributed by atoms with van der Waals surface area (Å²) in [6.07, 6.45) is 2.13. The second-order valence-electron chi connectivity index (χ2n) is 4.53. The number of nitrogens with one attached hydrogen (secondary N) is 1. The van der Waals surface area contributed by atoms with E-state index < -0.39 is 0 Å². The number of hydrogen-bond acceptors (Lipinski definition) is 3. The molecule has 1 aromatic heterocycles. The minimum Gasteiger partial charge on any atom is -0.493 e. The van der Waals surface area contributed by atoms with Crippen molar-refractivity contribution in [3.63, 3.8) is 0 Å². The summed E-state index contributed by atoms with van der Waals surface area (Å²) in [6.45, 7) is 4.71. The van der Waals surface area contributed by atoms with Crippen LogP contribution in [0.1, 0.15) is 31.0 Å². The lowest BCUT2D eigenvalue weighted by atomic mass is 10.1. The van der Waals surface area contributed by atoms with Gasteiger partial charge in [0, 0.05) is 16.8 Å². The van der Waals surface area contributed by atoms with E-state index in [-0.39, 0.29) is 6.61 Å². The van der Waals surface area contributed by atoms with E-state index in [1.807, 2.05) is 31.2 Å². The first kappa shape index (κ1) is 13.6. The lowest BCUT2D eigenvalue weighted by Gasteiger charge is -2.10. The molecule has 0 saturated heterocycles. The molecule has 102 valence electrons. The van der Waals surface area contributed by atoms with Crippen molar-refractivity contribution in [1.29, 1.82) is 0 Å². The number of ether oxygens (including phenoxy) is 1. The normalized spacial score (nSPS) is 10.7. The van der Waals surface area contributed by atoms with Crippen molar-refractivity contribution in [3.8, 4) is 17.0 Å². The molecule has 0 bridgehead atoms. The van der Waals surface area contributed by atoms with Crippen molar-refractivity contribution < 1.29 is 9.84 Å². The van der Waals surface area contributed by atoms with Gasteiger partial charge in [-0.05, 0) is 25.5 Å². The molecule has 1 aromatic carbocycles. The number of aliphatic hydroxyl groups is 1. The van der Waals surface area contributed by atoms with Crippen LogP contribution in [-0.2, 0) is 6.61 Å². The summed E-state index contributed by atoms with van der Waals surface area (Å²) < 4.78 is 5.81. The Morgan fingerprint density at radius 3 is 2.84 bits per heavy atom. The van der Waals surface area contributed by atoms with Gasteiger partial charge < -0.3 is 9.84 Å². The summed E-state index contributed by atoms with van der Waals surface area (Å²) in [5, 5.41) is 16.6. The predicted molar refractivity (Wildman–Crippen MR) is 75.1 cm³/mol. The number of aryl methyl sites for hydroxylation is 1. The SMILES string of the molecule is CCCCOc1ccccc1-c1n[nH]c(C)c1CO. The molecule has 4 nitrogen and oxygen atoms in total. The van der Waals surface area contributed by atoms with E-state index in [0.717, 1.165) is 41.1 Å². The van der Waals surface area contributed by atoms with Gasteiger partial charge in [0.15, 0.2) is 0 Å². The van der Waals surface area contributed by atoms with E-state index in [1.165, 1.54) is 0 Å². The minimum atomic E-state index is -0.0268. The van der Waals surface area contributed by atoms with Gasteiger partial charge in [-0.2, -0.15) is 5.10 Å². The fourth-order valence-electron chi connectivity index (χ4n) is 1.98. The second kappa shape index (κ2) is 6.38. The van der Waals surface area contributed by atoms with Gasteiger partial charge in [-0.25, -0.2) is 0 Å². The Balaban J connectivity index is 2.33. The smallest absolute Gasteiger partial charge is 0.128 e. The highest BCUT2D eigenvalue weighted by Gasteiger charge is 2.15. The number of aliphatic hydroxyl groups excluding tert-OH is 1. The topological polar surface area (TPSA) is 58.1 Å². The zero-order valence-corrected chi connectivity index (χ0v) is 11.4. The van der Waals surface area contributed by atoms with Crippen LogP contribution in [0, 0.1) is 6.92 Å². The number of nitrogens with zero attached hydrogens (tertiary/aromatic N) is 1. The Hall–Kier alpha value is -1.81. The van der Waals surface area contributed by atoms with Crippen molar-refractivity contribution in [2.24, 2.45) is 0 Å². The average molecular weight is 260 g/mol. The Morgan fingerprint density at radius 2 is 2.11 bits per heavy atom. The number of hydrogen-bond donors (Lipinski definition) is 2. The maximum absolute atomic E-state index is 9.45. The first-order chi connectivity index (χ1) is 9.27. The van der Waals surface area contributed by atoms with E-state index in [0.29, 0.717) is 6.61 Å². The predicted octanol–water partition coefficient (Wildman–Crippen LogP) is 3.06. The zero-order valence-electron chi connectivity index (χ0n) is 11.4. The average Bonchev–Trinajstić information content (AvgIpc) is 2.80. The van der Waals surface area contributed by atoms with Gasteiger partial charge in [-0.1, -0.05) is 25.5 Å². The third-order valence-electron chi connectivity index (χ3n) is 3.13. The summed E-state index contributed by atoms with van der Waals surface area (Å²) in [6, 6.07) is 7.81. The van der Waals surface area contributed by atoms with E-state index in [2.05, 4.69) is 17.1 Å². The third-order valence-corrected chi connectivity index (χ3v) is 3.13. The van der Waals surface area contributed by atoms with Crippen molar-refractivity contribution in [2.75, 3.05) is 6.61 Å². The van der Waals surface area contributed by atoms with Gasteiger partial charge in [0.2, 0.25) is 0 Å². The second-order valence-corrected chi connectivity index (χ2v) is 4.53. The fourth-order valence-corrected chi connectivity index (χ4v) is 1.98. The molecule has 0 radical (unpaired) electrons. The van der Waals surface area contributed by atoms with Crippen LogP contribution in [0.5, 0.6) is 5.75 Å². The van der Waals surface area contributed by atoms with Gasteiger partial charge in [-0.3, -0.25) is 5.10 Å². The number of aromatic amines is 1. The molecular weight excluding hydrogens is 240 g/mol. The van der Waals surface area contributed by atoms with Crippen molar-refractivity contribution in [1.82, 2.24) is 10.2 Å². The lowest BCUT2D eigenvalue weighted by molar-refractivity contribution is 0.281. The molecule has 0 unspecified atom stereocenters. The lowest BCUT2D eigenvalue weighted by Crippen LogP contribution is -1.99. The van der Waals surface area contributed by atoms with Crippen molar-refractivity contribution in [2.45, 2.75) is 33.3 Å². The summed E-state index contributed by atoms with van der Waals surface area (Å²) in [4.78, 5) is 0. The monoisotopic (exact) mass is 260 g/mol. The van der Waals surface area contributed by atoms with E-state index >= 15 is 0 Å². The number of H-pyrrole nitrogens is 1. The highest BCUT2D eigenvalue weighted by Crippen LogP contribution is 2.32. The molecule has 0 spiro atoms. The number of unbranched alkanes of at least 4 members (excludes halogenated alkanes) is 1. The highest BCUT2D eigenvalue weighted by molar-refractivity contribution is 5.70.